The number of benzene rings is 1. The van der Waals surface area contributed by atoms with E-state index in [4.69, 9.17) is 5.73 Å². The summed E-state index contributed by atoms with van der Waals surface area (Å²) in [6, 6.07) is 7.18. The average Bonchev–Trinajstić information content (AvgIpc) is 3.31. The molecule has 2 unspecified atom stereocenters. The first-order valence-electron chi connectivity index (χ1n) is 9.00. The zero-order chi connectivity index (χ0) is 18.0. The highest BCUT2D eigenvalue weighted by atomic mass is 35.5. The fraction of sp³-hybridized carbons (Fsp3) is 0.611. The van der Waals surface area contributed by atoms with Gasteiger partial charge in [-0.05, 0) is 62.8 Å². The number of aryl methyl sites for hydroxylation is 1. The molecule has 1 saturated heterocycles. The third-order valence-electron chi connectivity index (χ3n) is 5.08. The molecule has 1 aromatic carbocycles. The summed E-state index contributed by atoms with van der Waals surface area (Å²) in [5.74, 6) is 0.554. The molecule has 0 spiro atoms. The van der Waals surface area contributed by atoms with Crippen LogP contribution in [0, 0.1) is 5.92 Å². The van der Waals surface area contributed by atoms with Crippen molar-refractivity contribution in [2.75, 3.05) is 13.1 Å². The fourth-order valence-electron chi connectivity index (χ4n) is 3.38. The van der Waals surface area contributed by atoms with Gasteiger partial charge in [0.2, 0.25) is 15.9 Å². The van der Waals surface area contributed by atoms with Gasteiger partial charge in [-0.1, -0.05) is 12.1 Å². The van der Waals surface area contributed by atoms with Crippen molar-refractivity contribution < 1.29 is 13.2 Å². The highest BCUT2D eigenvalue weighted by molar-refractivity contribution is 7.89. The van der Waals surface area contributed by atoms with E-state index in [0.29, 0.717) is 25.3 Å². The van der Waals surface area contributed by atoms with Crippen molar-refractivity contribution in [2.45, 2.75) is 56.0 Å². The number of amides is 1. The van der Waals surface area contributed by atoms with Crippen LogP contribution in [0.4, 0.5) is 0 Å². The molecule has 3 rings (SSSR count). The Kier molecular flexibility index (Phi) is 7.07. The quantitative estimate of drug-likeness (QED) is 0.726. The van der Waals surface area contributed by atoms with Gasteiger partial charge in [-0.3, -0.25) is 4.79 Å². The lowest BCUT2D eigenvalue weighted by atomic mass is 10.1. The van der Waals surface area contributed by atoms with Crippen molar-refractivity contribution in [3.05, 3.63) is 29.8 Å². The number of halogens is 1. The molecule has 1 heterocycles. The summed E-state index contributed by atoms with van der Waals surface area (Å²) in [6.07, 6.45) is 3.86. The molecule has 8 heteroatoms. The van der Waals surface area contributed by atoms with Crippen molar-refractivity contribution in [1.82, 2.24) is 9.62 Å². The van der Waals surface area contributed by atoms with Crippen LogP contribution in [0.5, 0.6) is 0 Å². The average molecular weight is 402 g/mol. The van der Waals surface area contributed by atoms with Crippen molar-refractivity contribution in [2.24, 2.45) is 11.7 Å². The van der Waals surface area contributed by atoms with E-state index in [2.05, 4.69) is 11.6 Å². The molecule has 2 fully saturated rings. The van der Waals surface area contributed by atoms with Gasteiger partial charge in [0.1, 0.15) is 0 Å². The lowest BCUT2D eigenvalue weighted by Gasteiger charge is -2.21. The van der Waals surface area contributed by atoms with Crippen LogP contribution in [0.15, 0.2) is 29.2 Å². The summed E-state index contributed by atoms with van der Waals surface area (Å²) in [5, 5.41) is 0. The van der Waals surface area contributed by atoms with Crippen LogP contribution < -0.4 is 10.5 Å². The maximum atomic E-state index is 12.4. The van der Waals surface area contributed by atoms with Gasteiger partial charge in [0.15, 0.2) is 0 Å². The van der Waals surface area contributed by atoms with Crippen molar-refractivity contribution in [3.63, 3.8) is 0 Å². The Labute approximate surface area is 162 Å². The van der Waals surface area contributed by atoms with E-state index < -0.39 is 10.0 Å². The van der Waals surface area contributed by atoms with Crippen LogP contribution in [0.25, 0.3) is 0 Å². The lowest BCUT2D eigenvalue weighted by molar-refractivity contribution is -0.131. The molecule has 0 radical (unpaired) electrons. The zero-order valence-corrected chi connectivity index (χ0v) is 16.7. The maximum absolute atomic E-state index is 12.4. The predicted octanol–water partition coefficient (Wildman–Crippen LogP) is 1.68. The van der Waals surface area contributed by atoms with Gasteiger partial charge in [0.25, 0.3) is 0 Å². The van der Waals surface area contributed by atoms with Gasteiger partial charge >= 0.3 is 0 Å². The molecule has 3 N–H and O–H groups in total. The van der Waals surface area contributed by atoms with Gasteiger partial charge < -0.3 is 10.6 Å². The largest absolute Gasteiger partial charge is 0.340 e. The molecule has 1 aromatic rings. The summed E-state index contributed by atoms with van der Waals surface area (Å²) in [6.45, 7) is 3.44. The van der Waals surface area contributed by atoms with Crippen molar-refractivity contribution in [1.29, 1.82) is 0 Å². The van der Waals surface area contributed by atoms with E-state index in [1.165, 1.54) is 0 Å². The third-order valence-corrected chi connectivity index (χ3v) is 6.61. The summed E-state index contributed by atoms with van der Waals surface area (Å²) in [5.41, 5.74) is 6.69. The normalized spacial score (nSPS) is 22.9. The second kappa shape index (κ2) is 8.69. The Morgan fingerprint density at radius 1 is 1.27 bits per heavy atom. The summed E-state index contributed by atoms with van der Waals surface area (Å²) in [4.78, 5) is 14.6. The maximum Gasteiger partial charge on any atom is 0.240 e. The number of nitrogens with two attached hydrogens (primary N) is 1. The number of hydrogen-bond acceptors (Lipinski definition) is 4. The zero-order valence-electron chi connectivity index (χ0n) is 15.1. The summed E-state index contributed by atoms with van der Waals surface area (Å²) >= 11 is 0. The Hall–Kier alpha value is -1.15. The van der Waals surface area contributed by atoms with Crippen molar-refractivity contribution >= 4 is 28.3 Å². The van der Waals surface area contributed by atoms with Crippen LogP contribution in [0.1, 0.15) is 38.2 Å². The molecule has 0 aromatic heterocycles. The van der Waals surface area contributed by atoms with Gasteiger partial charge in [-0.15, -0.1) is 12.4 Å². The molecule has 2 aliphatic rings. The standard InChI is InChI=1S/C18H27N3O3S.ClH/c1-13-10-15(11-19)12-21(13)18(22)9-4-14-2-7-17(8-3-14)25(23,24)20-16-5-6-16;/h2-3,7-8,13,15-16,20H,4-6,9-12,19H2,1H3;1H. The van der Waals surface area contributed by atoms with Gasteiger partial charge in [0, 0.05) is 25.0 Å². The molecule has 26 heavy (non-hydrogen) atoms. The van der Waals surface area contributed by atoms with E-state index in [1.54, 1.807) is 24.3 Å². The molecule has 146 valence electrons. The molecule has 0 bridgehead atoms. The molecule has 1 saturated carbocycles. The van der Waals surface area contributed by atoms with E-state index in [-0.39, 0.29) is 35.3 Å². The van der Waals surface area contributed by atoms with Crippen LogP contribution in [-0.2, 0) is 21.2 Å². The minimum absolute atomic E-state index is 0. The molecular formula is C18H28ClN3O3S. The number of rotatable bonds is 7. The highest BCUT2D eigenvalue weighted by Crippen LogP contribution is 2.24. The first-order valence-corrected chi connectivity index (χ1v) is 10.5. The minimum atomic E-state index is -3.41. The number of carbonyl (C=O) groups excluding carboxylic acids is 1. The second-order valence-electron chi connectivity index (χ2n) is 7.27. The van der Waals surface area contributed by atoms with E-state index in [9.17, 15) is 13.2 Å². The first-order chi connectivity index (χ1) is 11.9. The number of carbonyl (C=O) groups is 1. The SMILES string of the molecule is CC1CC(CN)CN1C(=O)CCc1ccc(S(=O)(=O)NC2CC2)cc1.Cl. The second-order valence-corrected chi connectivity index (χ2v) is 8.99. The lowest BCUT2D eigenvalue weighted by Crippen LogP contribution is -2.34. The van der Waals surface area contributed by atoms with E-state index in [0.717, 1.165) is 31.4 Å². The number of sulfonamides is 1. The Balaban J connectivity index is 0.00000243. The summed E-state index contributed by atoms with van der Waals surface area (Å²) < 4.78 is 27.0. The molecule has 1 amide bonds. The number of nitrogens with one attached hydrogen (secondary N) is 1. The topological polar surface area (TPSA) is 92.5 Å². The number of likely N-dealkylation sites (tertiary alicyclic amines) is 1. The minimum Gasteiger partial charge on any atom is -0.340 e. The molecule has 1 aliphatic heterocycles. The predicted molar refractivity (Wildman–Crippen MR) is 104 cm³/mol. The Morgan fingerprint density at radius 2 is 1.92 bits per heavy atom. The van der Waals surface area contributed by atoms with Crippen LogP contribution in [0.3, 0.4) is 0 Å². The smallest absolute Gasteiger partial charge is 0.240 e. The Morgan fingerprint density at radius 3 is 2.46 bits per heavy atom. The number of hydrogen-bond donors (Lipinski definition) is 2. The van der Waals surface area contributed by atoms with Crippen molar-refractivity contribution in [3.8, 4) is 0 Å². The van der Waals surface area contributed by atoms with Crippen LogP contribution in [0.2, 0.25) is 0 Å². The molecule has 2 atom stereocenters. The molecule has 1 aliphatic carbocycles. The first kappa shape index (κ1) is 21.2. The Bertz CT molecular complexity index is 720. The highest BCUT2D eigenvalue weighted by Gasteiger charge is 2.31. The fourth-order valence-corrected chi connectivity index (χ4v) is 4.68. The van der Waals surface area contributed by atoms with E-state index >= 15 is 0 Å². The molecule has 6 nitrogen and oxygen atoms in total. The number of nitrogens with zero attached hydrogens (tertiary/aromatic N) is 1. The van der Waals surface area contributed by atoms with Gasteiger partial charge in [-0.2, -0.15) is 0 Å². The van der Waals surface area contributed by atoms with Crippen LogP contribution >= 0.6 is 12.4 Å². The van der Waals surface area contributed by atoms with Gasteiger partial charge in [-0.25, -0.2) is 13.1 Å². The third kappa shape index (κ3) is 5.19. The van der Waals surface area contributed by atoms with E-state index in [1.807, 2.05) is 4.90 Å². The van der Waals surface area contributed by atoms with Crippen LogP contribution in [-0.4, -0.2) is 44.4 Å². The van der Waals surface area contributed by atoms with Gasteiger partial charge in [0.05, 0.1) is 4.90 Å². The monoisotopic (exact) mass is 401 g/mol. The summed E-state index contributed by atoms with van der Waals surface area (Å²) in [7, 11) is -3.41. The molecular weight excluding hydrogens is 374 g/mol.